The zero-order valence-electron chi connectivity index (χ0n) is 22.4. The molecule has 202 valence electrons. The van der Waals surface area contributed by atoms with Crippen molar-refractivity contribution in [1.82, 2.24) is 10.3 Å². The predicted molar refractivity (Wildman–Crippen MR) is 140 cm³/mol. The summed E-state index contributed by atoms with van der Waals surface area (Å²) in [6.07, 6.45) is 1.99. The van der Waals surface area contributed by atoms with E-state index >= 15 is 0 Å². The first-order valence-corrected chi connectivity index (χ1v) is 12.6. The molecule has 0 aliphatic heterocycles. The lowest BCUT2D eigenvalue weighted by atomic mass is 10.0. The molecule has 1 amide bonds. The number of oxazole rings is 1. The second-order valence-electron chi connectivity index (χ2n) is 10.2. The van der Waals surface area contributed by atoms with Crippen LogP contribution < -0.4 is 14.8 Å². The highest BCUT2D eigenvalue weighted by Gasteiger charge is 2.31. The molecule has 1 aliphatic rings. The highest BCUT2D eigenvalue weighted by molar-refractivity contribution is 5.89. The maximum Gasteiger partial charge on any atom is 0.408 e. The van der Waals surface area contributed by atoms with Crippen molar-refractivity contribution in [2.24, 2.45) is 5.92 Å². The maximum absolute atomic E-state index is 12.8. The normalized spacial score (nSPS) is 13.9. The Kier molecular flexibility index (Phi) is 8.24. The van der Waals surface area contributed by atoms with Gasteiger partial charge in [-0.15, -0.1) is 0 Å². The van der Waals surface area contributed by atoms with Gasteiger partial charge in [0.1, 0.15) is 5.60 Å². The average molecular weight is 523 g/mol. The van der Waals surface area contributed by atoms with Gasteiger partial charge in [0.15, 0.2) is 23.0 Å². The van der Waals surface area contributed by atoms with E-state index in [2.05, 4.69) is 10.3 Å². The summed E-state index contributed by atoms with van der Waals surface area (Å²) in [6, 6.07) is 14.1. The van der Waals surface area contributed by atoms with Crippen molar-refractivity contribution in [3.63, 3.8) is 0 Å². The largest absolute Gasteiger partial charge is 0.493 e. The zero-order chi connectivity index (χ0) is 27.3. The van der Waals surface area contributed by atoms with Gasteiger partial charge >= 0.3 is 12.1 Å². The number of esters is 1. The quantitative estimate of drug-likeness (QED) is 0.336. The molecule has 3 aromatic rings. The number of hydrogen-bond acceptors (Lipinski definition) is 8. The molecule has 1 saturated carbocycles. The molecule has 2 aromatic carbocycles. The van der Waals surface area contributed by atoms with Gasteiger partial charge in [-0.25, -0.2) is 14.6 Å². The lowest BCUT2D eigenvalue weighted by molar-refractivity contribution is 0.0489. The number of rotatable bonds is 10. The van der Waals surface area contributed by atoms with E-state index in [4.69, 9.17) is 23.4 Å². The smallest absolute Gasteiger partial charge is 0.408 e. The van der Waals surface area contributed by atoms with Crippen LogP contribution in [0.25, 0.3) is 11.5 Å². The summed E-state index contributed by atoms with van der Waals surface area (Å²) in [5.74, 6) is 1.37. The number of benzene rings is 2. The third-order valence-electron chi connectivity index (χ3n) is 5.90. The topological polar surface area (TPSA) is 109 Å². The fourth-order valence-corrected chi connectivity index (χ4v) is 3.86. The predicted octanol–water partition coefficient (Wildman–Crippen LogP) is 5.73. The summed E-state index contributed by atoms with van der Waals surface area (Å²) < 4.78 is 28.1. The second kappa shape index (κ2) is 11.6. The number of methoxy groups -OCH3 is 2. The fourth-order valence-electron chi connectivity index (χ4n) is 3.86. The Bertz CT molecular complexity index is 1260. The Labute approximate surface area is 222 Å². The van der Waals surface area contributed by atoms with Gasteiger partial charge in [0, 0.05) is 12.0 Å². The molecule has 1 unspecified atom stereocenters. The number of nitrogens with one attached hydrogen (secondary N) is 1. The second-order valence-corrected chi connectivity index (χ2v) is 10.2. The van der Waals surface area contributed by atoms with Crippen molar-refractivity contribution >= 4 is 12.1 Å². The van der Waals surface area contributed by atoms with Crippen molar-refractivity contribution < 1.29 is 33.0 Å². The van der Waals surface area contributed by atoms with Crippen LogP contribution in [0.4, 0.5) is 4.79 Å². The Balaban J connectivity index is 1.72. The van der Waals surface area contributed by atoms with Crippen LogP contribution in [0.2, 0.25) is 0 Å². The number of ether oxygens (including phenoxy) is 4. The zero-order valence-corrected chi connectivity index (χ0v) is 22.4. The van der Waals surface area contributed by atoms with E-state index in [9.17, 15) is 9.59 Å². The molecule has 38 heavy (non-hydrogen) atoms. The van der Waals surface area contributed by atoms with Gasteiger partial charge in [-0.05, 0) is 63.3 Å². The van der Waals surface area contributed by atoms with E-state index < -0.39 is 23.7 Å². The maximum atomic E-state index is 12.8. The molecular formula is C29H34N2O7. The molecule has 0 spiro atoms. The van der Waals surface area contributed by atoms with Crippen LogP contribution in [0.5, 0.6) is 11.5 Å². The molecule has 1 fully saturated rings. The van der Waals surface area contributed by atoms with Crippen LogP contribution in [-0.4, -0.2) is 43.5 Å². The van der Waals surface area contributed by atoms with Gasteiger partial charge in [0.05, 0.1) is 26.9 Å². The van der Waals surface area contributed by atoms with E-state index in [0.717, 1.165) is 18.4 Å². The number of hydrogen-bond donors (Lipinski definition) is 1. The lowest BCUT2D eigenvalue weighted by Crippen LogP contribution is -2.36. The van der Waals surface area contributed by atoms with Gasteiger partial charge in [0.2, 0.25) is 5.89 Å². The first kappa shape index (κ1) is 27.0. The molecule has 0 saturated heterocycles. The molecule has 1 aliphatic carbocycles. The Hall–Kier alpha value is -4.01. The number of amides is 1. The molecule has 1 atom stereocenters. The third-order valence-corrected chi connectivity index (χ3v) is 5.90. The van der Waals surface area contributed by atoms with Gasteiger partial charge in [-0.2, -0.15) is 0 Å². The van der Waals surface area contributed by atoms with Crippen molar-refractivity contribution in [1.29, 1.82) is 0 Å². The first-order chi connectivity index (χ1) is 18.2. The van der Waals surface area contributed by atoms with E-state index in [1.54, 1.807) is 46.1 Å². The van der Waals surface area contributed by atoms with E-state index in [1.165, 1.54) is 7.11 Å². The third kappa shape index (κ3) is 7.06. The summed E-state index contributed by atoms with van der Waals surface area (Å²) in [7, 11) is 2.85. The Morgan fingerprint density at radius 2 is 1.82 bits per heavy atom. The molecular weight excluding hydrogens is 488 g/mol. The van der Waals surface area contributed by atoms with E-state index in [-0.39, 0.29) is 17.3 Å². The van der Waals surface area contributed by atoms with Crippen molar-refractivity contribution in [2.75, 3.05) is 20.8 Å². The number of carbonyl (C=O) groups is 2. The van der Waals surface area contributed by atoms with Gasteiger partial charge in [0.25, 0.3) is 0 Å². The standard InChI is InChI=1S/C29H34N2O7/c1-29(2,3)38-28(33)30-21(15-18-9-7-6-8-10-18)25-24(27(32)35-5)31-26(37-25)20-13-14-22(34-4)23(16-20)36-17-19-11-12-19/h6-10,13-14,16,19,21H,11-12,15,17H2,1-5H3,(H,30,33). The summed E-state index contributed by atoms with van der Waals surface area (Å²) in [5, 5.41) is 2.84. The molecule has 0 radical (unpaired) electrons. The van der Waals surface area contributed by atoms with Crippen LogP contribution in [0.15, 0.2) is 52.9 Å². The highest BCUT2D eigenvalue weighted by Crippen LogP contribution is 2.37. The van der Waals surface area contributed by atoms with E-state index in [1.807, 2.05) is 30.3 Å². The molecule has 1 heterocycles. The number of nitrogens with zero attached hydrogens (tertiary/aromatic N) is 1. The Morgan fingerprint density at radius 3 is 2.45 bits per heavy atom. The minimum Gasteiger partial charge on any atom is -0.493 e. The van der Waals surface area contributed by atoms with Crippen molar-refractivity contribution in [3.8, 4) is 23.0 Å². The summed E-state index contributed by atoms with van der Waals surface area (Å²) >= 11 is 0. The van der Waals surface area contributed by atoms with Gasteiger partial charge < -0.3 is 28.7 Å². The van der Waals surface area contributed by atoms with Crippen LogP contribution in [0.3, 0.4) is 0 Å². The van der Waals surface area contributed by atoms with Crippen molar-refractivity contribution in [2.45, 2.75) is 51.7 Å². The van der Waals surface area contributed by atoms with E-state index in [0.29, 0.717) is 36.0 Å². The summed E-state index contributed by atoms with van der Waals surface area (Å²) in [6.45, 7) is 5.93. The monoisotopic (exact) mass is 522 g/mol. The molecule has 4 rings (SSSR count). The van der Waals surface area contributed by atoms with Gasteiger partial charge in [-0.1, -0.05) is 30.3 Å². The van der Waals surface area contributed by atoms with Crippen molar-refractivity contribution in [3.05, 3.63) is 65.5 Å². The molecule has 9 nitrogen and oxygen atoms in total. The molecule has 1 N–H and O–H groups in total. The Morgan fingerprint density at radius 1 is 1.08 bits per heavy atom. The van der Waals surface area contributed by atoms with Crippen LogP contribution in [0, 0.1) is 5.92 Å². The minimum atomic E-state index is -0.758. The molecule has 0 bridgehead atoms. The summed E-state index contributed by atoms with van der Waals surface area (Å²) in [5.41, 5.74) is 0.765. The number of alkyl carbamates (subject to hydrolysis) is 1. The first-order valence-electron chi connectivity index (χ1n) is 12.6. The highest BCUT2D eigenvalue weighted by atomic mass is 16.6. The number of aromatic nitrogens is 1. The lowest BCUT2D eigenvalue weighted by Gasteiger charge is -2.23. The molecule has 9 heteroatoms. The fraction of sp³-hybridized carbons (Fsp3) is 0.414. The minimum absolute atomic E-state index is 0.0317. The van der Waals surface area contributed by atoms with Crippen LogP contribution >= 0.6 is 0 Å². The SMILES string of the molecule is COC(=O)c1nc(-c2ccc(OC)c(OCC3CC3)c2)oc1C(Cc1ccccc1)NC(=O)OC(C)(C)C. The molecule has 1 aromatic heterocycles. The average Bonchev–Trinajstić information content (AvgIpc) is 3.61. The van der Waals surface area contributed by atoms with Gasteiger partial charge in [-0.3, -0.25) is 0 Å². The number of carbonyl (C=O) groups excluding carboxylic acids is 2. The van der Waals surface area contributed by atoms with Crippen LogP contribution in [-0.2, 0) is 15.9 Å². The summed E-state index contributed by atoms with van der Waals surface area (Å²) in [4.78, 5) is 30.0. The van der Waals surface area contributed by atoms with Crippen LogP contribution in [0.1, 0.15) is 61.5 Å².